The number of nitrogens with zero attached hydrogens (tertiary/aromatic N) is 2. The minimum Gasteiger partial charge on any atom is -0.316 e. The first-order chi connectivity index (χ1) is 8.79. The van der Waals surface area contributed by atoms with Crippen molar-refractivity contribution < 1.29 is 0 Å². The second-order valence-corrected chi connectivity index (χ2v) is 7.34. The summed E-state index contributed by atoms with van der Waals surface area (Å²) in [5, 5.41) is 3.54. The zero-order valence-corrected chi connectivity index (χ0v) is 11.6. The molecule has 1 N–H and O–H groups in total. The highest BCUT2D eigenvalue weighted by molar-refractivity contribution is 4.97. The number of nitrogens with one attached hydrogen (secondary N) is 1. The van der Waals surface area contributed by atoms with Crippen LogP contribution in [0, 0.1) is 23.7 Å². The molecule has 0 aromatic heterocycles. The van der Waals surface area contributed by atoms with Crippen LogP contribution in [0.25, 0.3) is 0 Å². The Morgan fingerprint density at radius 1 is 1.00 bits per heavy atom. The number of hydrogen-bond donors (Lipinski definition) is 1. The van der Waals surface area contributed by atoms with E-state index in [0.717, 1.165) is 29.7 Å². The standard InChI is InChI=1S/C15H27N3/c1-17-8-12-4-11(2-3-15(12)17)7-18-9-13-5-16-6-14(13)10-18/h11-16H,2-10H2,1H3. The highest BCUT2D eigenvalue weighted by Gasteiger charge is 2.42. The monoisotopic (exact) mass is 249 g/mol. The van der Waals surface area contributed by atoms with E-state index >= 15 is 0 Å². The van der Waals surface area contributed by atoms with E-state index in [9.17, 15) is 0 Å². The summed E-state index contributed by atoms with van der Waals surface area (Å²) in [6.07, 6.45) is 4.46. The molecule has 4 aliphatic rings. The van der Waals surface area contributed by atoms with Crippen LogP contribution in [0.15, 0.2) is 0 Å². The van der Waals surface area contributed by atoms with Gasteiger partial charge in [-0.2, -0.15) is 0 Å². The summed E-state index contributed by atoms with van der Waals surface area (Å²) in [5.41, 5.74) is 0. The van der Waals surface area contributed by atoms with Gasteiger partial charge < -0.3 is 15.1 Å². The minimum atomic E-state index is 0.948. The molecule has 18 heavy (non-hydrogen) atoms. The Morgan fingerprint density at radius 2 is 1.78 bits per heavy atom. The summed E-state index contributed by atoms with van der Waals surface area (Å²) in [5.74, 6) is 3.98. The Hall–Kier alpha value is -0.120. The summed E-state index contributed by atoms with van der Waals surface area (Å²) in [4.78, 5) is 5.34. The van der Waals surface area contributed by atoms with Gasteiger partial charge >= 0.3 is 0 Å². The number of hydrogen-bond acceptors (Lipinski definition) is 3. The fourth-order valence-corrected chi connectivity index (χ4v) is 5.12. The quantitative estimate of drug-likeness (QED) is 0.783. The van der Waals surface area contributed by atoms with Crippen molar-refractivity contribution in [2.24, 2.45) is 23.7 Å². The highest BCUT2D eigenvalue weighted by atomic mass is 15.2. The maximum absolute atomic E-state index is 3.54. The van der Waals surface area contributed by atoms with Crippen molar-refractivity contribution in [3.8, 4) is 0 Å². The van der Waals surface area contributed by atoms with Crippen LogP contribution in [0.2, 0.25) is 0 Å². The van der Waals surface area contributed by atoms with Gasteiger partial charge in [0.05, 0.1) is 0 Å². The van der Waals surface area contributed by atoms with E-state index in [1.807, 2.05) is 0 Å². The summed E-state index contributed by atoms with van der Waals surface area (Å²) in [6, 6.07) is 0.948. The zero-order chi connectivity index (χ0) is 12.1. The van der Waals surface area contributed by atoms with Gasteiger partial charge in [-0.05, 0) is 63.1 Å². The number of likely N-dealkylation sites (tertiary alicyclic amines) is 2. The predicted octanol–water partition coefficient (Wildman–Crippen LogP) is 0.868. The topological polar surface area (TPSA) is 18.5 Å². The van der Waals surface area contributed by atoms with Crippen molar-refractivity contribution >= 4 is 0 Å². The van der Waals surface area contributed by atoms with Crippen molar-refractivity contribution in [2.75, 3.05) is 46.3 Å². The lowest BCUT2D eigenvalue weighted by Gasteiger charge is -2.51. The minimum absolute atomic E-state index is 0.948. The Balaban J connectivity index is 1.28. The van der Waals surface area contributed by atoms with Crippen LogP contribution in [0.4, 0.5) is 0 Å². The molecule has 4 fully saturated rings. The predicted molar refractivity (Wildman–Crippen MR) is 73.5 cm³/mol. The molecule has 0 aromatic rings. The molecule has 0 aromatic carbocycles. The molecule has 0 radical (unpaired) electrons. The Bertz CT molecular complexity index is 307. The van der Waals surface area contributed by atoms with Crippen LogP contribution in [-0.2, 0) is 0 Å². The summed E-state index contributed by atoms with van der Waals surface area (Å²) in [7, 11) is 2.30. The normalized spacial score (nSPS) is 48.8. The fraction of sp³-hybridized carbons (Fsp3) is 1.00. The third kappa shape index (κ3) is 1.91. The molecule has 0 bridgehead atoms. The third-order valence-corrected chi connectivity index (χ3v) is 6.12. The lowest BCUT2D eigenvalue weighted by Crippen LogP contribution is -2.57. The molecule has 3 saturated heterocycles. The smallest absolute Gasteiger partial charge is 0.0133 e. The Kier molecular flexibility index (Phi) is 2.90. The lowest BCUT2D eigenvalue weighted by molar-refractivity contribution is -0.0150. The number of fused-ring (bicyclic) bond motifs is 2. The van der Waals surface area contributed by atoms with E-state index in [-0.39, 0.29) is 0 Å². The summed E-state index contributed by atoms with van der Waals surface area (Å²) in [6.45, 7) is 8.09. The van der Waals surface area contributed by atoms with Gasteiger partial charge in [0.15, 0.2) is 0 Å². The average Bonchev–Trinajstić information content (AvgIpc) is 2.88. The molecule has 3 nitrogen and oxygen atoms in total. The molecular formula is C15H27N3. The van der Waals surface area contributed by atoms with E-state index in [1.54, 1.807) is 0 Å². The Morgan fingerprint density at radius 3 is 2.44 bits per heavy atom. The summed E-state index contributed by atoms with van der Waals surface area (Å²) < 4.78 is 0. The largest absolute Gasteiger partial charge is 0.316 e. The maximum atomic E-state index is 3.54. The van der Waals surface area contributed by atoms with E-state index in [2.05, 4.69) is 22.2 Å². The van der Waals surface area contributed by atoms with Crippen molar-refractivity contribution in [1.29, 1.82) is 0 Å². The molecule has 3 heterocycles. The molecular weight excluding hydrogens is 222 g/mol. The molecule has 1 saturated carbocycles. The molecule has 5 unspecified atom stereocenters. The van der Waals surface area contributed by atoms with Gasteiger partial charge in [-0.25, -0.2) is 0 Å². The van der Waals surface area contributed by atoms with Gasteiger partial charge in [-0.1, -0.05) is 0 Å². The Labute approximate surface area is 111 Å². The lowest BCUT2D eigenvalue weighted by atomic mass is 9.72. The van der Waals surface area contributed by atoms with E-state index in [0.29, 0.717) is 0 Å². The van der Waals surface area contributed by atoms with Gasteiger partial charge in [0.2, 0.25) is 0 Å². The van der Waals surface area contributed by atoms with Crippen LogP contribution < -0.4 is 5.32 Å². The molecule has 0 spiro atoms. The maximum Gasteiger partial charge on any atom is 0.0133 e. The van der Waals surface area contributed by atoms with Crippen LogP contribution in [-0.4, -0.2) is 62.2 Å². The average molecular weight is 249 g/mol. The second kappa shape index (κ2) is 4.46. The van der Waals surface area contributed by atoms with Gasteiger partial charge in [0.25, 0.3) is 0 Å². The van der Waals surface area contributed by atoms with E-state index in [1.165, 1.54) is 58.5 Å². The highest BCUT2D eigenvalue weighted by Crippen LogP contribution is 2.39. The summed E-state index contributed by atoms with van der Waals surface area (Å²) >= 11 is 0. The third-order valence-electron chi connectivity index (χ3n) is 6.12. The van der Waals surface area contributed by atoms with Crippen molar-refractivity contribution in [3.63, 3.8) is 0 Å². The van der Waals surface area contributed by atoms with Gasteiger partial charge in [-0.15, -0.1) is 0 Å². The SMILES string of the molecule is CN1CC2CC(CN3CC4CNCC4C3)CCC21. The fourth-order valence-electron chi connectivity index (χ4n) is 5.12. The molecule has 0 amide bonds. The molecule has 5 atom stereocenters. The molecule has 3 heteroatoms. The van der Waals surface area contributed by atoms with Crippen LogP contribution >= 0.6 is 0 Å². The first kappa shape index (κ1) is 11.7. The van der Waals surface area contributed by atoms with Crippen LogP contribution in [0.5, 0.6) is 0 Å². The number of rotatable bonds is 2. The van der Waals surface area contributed by atoms with Crippen LogP contribution in [0.3, 0.4) is 0 Å². The van der Waals surface area contributed by atoms with Crippen molar-refractivity contribution in [1.82, 2.24) is 15.1 Å². The van der Waals surface area contributed by atoms with Gasteiger partial charge in [0.1, 0.15) is 0 Å². The first-order valence-corrected chi connectivity index (χ1v) is 7.93. The van der Waals surface area contributed by atoms with Gasteiger partial charge in [0, 0.05) is 32.2 Å². The van der Waals surface area contributed by atoms with E-state index in [4.69, 9.17) is 0 Å². The molecule has 1 aliphatic carbocycles. The van der Waals surface area contributed by atoms with Crippen LogP contribution in [0.1, 0.15) is 19.3 Å². The second-order valence-electron chi connectivity index (χ2n) is 7.34. The van der Waals surface area contributed by atoms with Crippen molar-refractivity contribution in [3.05, 3.63) is 0 Å². The molecule has 102 valence electrons. The van der Waals surface area contributed by atoms with E-state index < -0.39 is 0 Å². The molecule has 3 aliphatic heterocycles. The first-order valence-electron chi connectivity index (χ1n) is 7.93. The molecule has 4 rings (SSSR count). The zero-order valence-electron chi connectivity index (χ0n) is 11.6. The van der Waals surface area contributed by atoms with Gasteiger partial charge in [-0.3, -0.25) is 0 Å². The van der Waals surface area contributed by atoms with Crippen molar-refractivity contribution in [2.45, 2.75) is 25.3 Å².